The third-order valence-corrected chi connectivity index (χ3v) is 4.87. The molecule has 1 heterocycles. The van der Waals surface area contributed by atoms with Gasteiger partial charge in [0.25, 0.3) is 0 Å². The predicted molar refractivity (Wildman–Crippen MR) is 71.1 cm³/mol. The molecule has 0 bridgehead atoms. The second kappa shape index (κ2) is 4.25. The molecule has 1 fully saturated rings. The highest BCUT2D eigenvalue weighted by Crippen LogP contribution is 2.44. The normalized spacial score (nSPS) is 29.0. The predicted octanol–water partition coefficient (Wildman–Crippen LogP) is 3.69. The Labute approximate surface area is 106 Å². The maximum Gasteiger partial charge on any atom is 0.0992 e. The van der Waals surface area contributed by atoms with Gasteiger partial charge in [-0.1, -0.05) is 37.6 Å². The minimum atomic E-state index is -0.725. The number of halogens is 1. The Morgan fingerprint density at radius 1 is 1.31 bits per heavy atom. The second-order valence-electron chi connectivity index (χ2n) is 5.38. The molecule has 16 heavy (non-hydrogen) atoms. The molecular weight excluding hydrogens is 240 g/mol. The molecule has 1 aromatic carbocycles. The summed E-state index contributed by atoms with van der Waals surface area (Å²) in [5, 5.41) is 11.4. The second-order valence-corrected chi connectivity index (χ2v) is 6.80. The highest BCUT2D eigenvalue weighted by atomic mass is 35.5. The van der Waals surface area contributed by atoms with Crippen molar-refractivity contribution in [2.45, 2.75) is 25.9 Å². The Hall–Kier alpha value is -0.180. The maximum absolute atomic E-state index is 10.7. The molecule has 1 aliphatic rings. The van der Waals surface area contributed by atoms with Gasteiger partial charge in [-0.15, -0.1) is 0 Å². The van der Waals surface area contributed by atoms with E-state index in [-0.39, 0.29) is 5.41 Å². The summed E-state index contributed by atoms with van der Waals surface area (Å²) in [6, 6.07) is 7.59. The third kappa shape index (κ3) is 2.55. The van der Waals surface area contributed by atoms with Crippen LogP contribution in [0.25, 0.3) is 0 Å². The quantitative estimate of drug-likeness (QED) is 0.827. The Kier molecular flexibility index (Phi) is 3.26. The number of rotatable bonds is 1. The van der Waals surface area contributed by atoms with Crippen molar-refractivity contribution in [3.8, 4) is 0 Å². The molecule has 1 aromatic rings. The molecule has 0 spiro atoms. The monoisotopic (exact) mass is 256 g/mol. The first-order valence-corrected chi connectivity index (χ1v) is 7.01. The summed E-state index contributed by atoms with van der Waals surface area (Å²) >= 11 is 7.80. The van der Waals surface area contributed by atoms with Gasteiger partial charge in [0.1, 0.15) is 0 Å². The SMILES string of the molecule is CC1(C)CSCC(O)(c2cccc(Cl)c2)C1. The van der Waals surface area contributed by atoms with Crippen LogP contribution in [0.5, 0.6) is 0 Å². The average molecular weight is 257 g/mol. The fourth-order valence-corrected chi connectivity index (χ4v) is 3.91. The van der Waals surface area contributed by atoms with Crippen LogP contribution in [0.3, 0.4) is 0 Å². The van der Waals surface area contributed by atoms with Crippen LogP contribution in [0.2, 0.25) is 5.02 Å². The van der Waals surface area contributed by atoms with Crippen molar-refractivity contribution in [3.63, 3.8) is 0 Å². The van der Waals surface area contributed by atoms with Crippen molar-refractivity contribution in [2.75, 3.05) is 11.5 Å². The molecule has 3 heteroatoms. The summed E-state index contributed by atoms with van der Waals surface area (Å²) < 4.78 is 0. The van der Waals surface area contributed by atoms with Crippen LogP contribution in [0, 0.1) is 5.41 Å². The van der Waals surface area contributed by atoms with Gasteiger partial charge in [-0.2, -0.15) is 11.8 Å². The van der Waals surface area contributed by atoms with Crippen molar-refractivity contribution in [3.05, 3.63) is 34.9 Å². The molecule has 88 valence electrons. The Morgan fingerprint density at radius 3 is 2.69 bits per heavy atom. The van der Waals surface area contributed by atoms with Crippen LogP contribution in [0.15, 0.2) is 24.3 Å². The van der Waals surface area contributed by atoms with E-state index in [0.29, 0.717) is 5.02 Å². The van der Waals surface area contributed by atoms with Crippen LogP contribution in [0.4, 0.5) is 0 Å². The fraction of sp³-hybridized carbons (Fsp3) is 0.538. The van der Waals surface area contributed by atoms with Crippen molar-refractivity contribution >= 4 is 23.4 Å². The standard InChI is InChI=1S/C13H17ClOS/c1-12(2)7-13(15,9-16-8-12)10-4-3-5-11(14)6-10/h3-6,15H,7-9H2,1-2H3. The summed E-state index contributed by atoms with van der Waals surface area (Å²) in [5.74, 6) is 1.87. The van der Waals surface area contributed by atoms with Crippen molar-refractivity contribution in [1.29, 1.82) is 0 Å². The lowest BCUT2D eigenvalue weighted by Gasteiger charge is -2.41. The largest absolute Gasteiger partial charge is 0.384 e. The highest BCUT2D eigenvalue weighted by molar-refractivity contribution is 7.99. The molecule has 0 saturated carbocycles. The van der Waals surface area contributed by atoms with Crippen molar-refractivity contribution < 1.29 is 5.11 Å². The van der Waals surface area contributed by atoms with Gasteiger partial charge in [0.2, 0.25) is 0 Å². The van der Waals surface area contributed by atoms with Gasteiger partial charge in [-0.3, -0.25) is 0 Å². The van der Waals surface area contributed by atoms with E-state index in [1.54, 1.807) is 0 Å². The molecule has 0 aromatic heterocycles. The number of hydrogen-bond acceptors (Lipinski definition) is 2. The summed E-state index contributed by atoms with van der Waals surface area (Å²) in [6.45, 7) is 4.41. The molecule has 0 aliphatic carbocycles. The molecular formula is C13H17ClOS. The van der Waals surface area contributed by atoms with Gasteiger partial charge < -0.3 is 5.11 Å². The smallest absolute Gasteiger partial charge is 0.0992 e. The zero-order chi connectivity index (χ0) is 11.8. The fourth-order valence-electron chi connectivity index (χ4n) is 2.35. The Bertz CT molecular complexity index is 391. The molecule has 1 aliphatic heterocycles. The zero-order valence-corrected chi connectivity index (χ0v) is 11.2. The van der Waals surface area contributed by atoms with E-state index < -0.39 is 5.60 Å². The van der Waals surface area contributed by atoms with E-state index in [2.05, 4.69) is 13.8 Å². The van der Waals surface area contributed by atoms with E-state index in [1.165, 1.54) is 0 Å². The average Bonchev–Trinajstić information content (AvgIpc) is 2.15. The van der Waals surface area contributed by atoms with Crippen LogP contribution >= 0.6 is 23.4 Å². The van der Waals surface area contributed by atoms with Gasteiger partial charge in [-0.25, -0.2) is 0 Å². The lowest BCUT2D eigenvalue weighted by molar-refractivity contribution is 0.0156. The molecule has 1 saturated heterocycles. The van der Waals surface area contributed by atoms with Gasteiger partial charge in [0, 0.05) is 10.8 Å². The molecule has 1 N–H and O–H groups in total. The lowest BCUT2D eigenvalue weighted by Crippen LogP contribution is -2.40. The topological polar surface area (TPSA) is 20.2 Å². The lowest BCUT2D eigenvalue weighted by atomic mass is 9.78. The van der Waals surface area contributed by atoms with E-state index in [0.717, 1.165) is 23.5 Å². The first kappa shape index (κ1) is 12.3. The molecule has 1 unspecified atom stereocenters. The molecule has 2 rings (SSSR count). The van der Waals surface area contributed by atoms with Gasteiger partial charge in [-0.05, 0) is 35.3 Å². The Balaban J connectivity index is 2.31. The molecule has 0 amide bonds. The first-order valence-electron chi connectivity index (χ1n) is 5.48. The van der Waals surface area contributed by atoms with E-state index in [4.69, 9.17) is 11.6 Å². The summed E-state index contributed by atoms with van der Waals surface area (Å²) in [6.07, 6.45) is 0.799. The zero-order valence-electron chi connectivity index (χ0n) is 9.66. The van der Waals surface area contributed by atoms with Crippen LogP contribution in [-0.4, -0.2) is 16.6 Å². The maximum atomic E-state index is 10.7. The van der Waals surface area contributed by atoms with Crippen molar-refractivity contribution in [1.82, 2.24) is 0 Å². The number of aliphatic hydroxyl groups is 1. The van der Waals surface area contributed by atoms with Gasteiger partial charge in [0.05, 0.1) is 5.60 Å². The van der Waals surface area contributed by atoms with Crippen LogP contribution in [0.1, 0.15) is 25.8 Å². The van der Waals surface area contributed by atoms with E-state index >= 15 is 0 Å². The van der Waals surface area contributed by atoms with Gasteiger partial charge in [0.15, 0.2) is 0 Å². The summed E-state index contributed by atoms with van der Waals surface area (Å²) in [7, 11) is 0. The van der Waals surface area contributed by atoms with Crippen LogP contribution in [-0.2, 0) is 5.60 Å². The van der Waals surface area contributed by atoms with Crippen LogP contribution < -0.4 is 0 Å². The molecule has 1 nitrogen and oxygen atoms in total. The number of benzene rings is 1. The summed E-state index contributed by atoms with van der Waals surface area (Å²) in [5.41, 5.74) is 0.400. The van der Waals surface area contributed by atoms with Gasteiger partial charge >= 0.3 is 0 Å². The number of thioether (sulfide) groups is 1. The minimum Gasteiger partial charge on any atom is -0.384 e. The first-order chi connectivity index (χ1) is 7.41. The number of hydrogen-bond donors (Lipinski definition) is 1. The Morgan fingerprint density at radius 2 is 2.06 bits per heavy atom. The molecule has 0 radical (unpaired) electrons. The van der Waals surface area contributed by atoms with Crippen molar-refractivity contribution in [2.24, 2.45) is 5.41 Å². The van der Waals surface area contributed by atoms with E-state index in [1.807, 2.05) is 36.0 Å². The highest BCUT2D eigenvalue weighted by Gasteiger charge is 2.40. The molecule has 1 atom stereocenters. The third-order valence-electron chi connectivity index (χ3n) is 2.97. The van der Waals surface area contributed by atoms with E-state index in [9.17, 15) is 5.11 Å². The summed E-state index contributed by atoms with van der Waals surface area (Å²) in [4.78, 5) is 0. The minimum absolute atomic E-state index is 0.181.